The molecule has 0 spiro atoms. The summed E-state index contributed by atoms with van der Waals surface area (Å²) in [4.78, 5) is 0. The van der Waals surface area contributed by atoms with Gasteiger partial charge in [-0.3, -0.25) is 0 Å². The molecule has 0 bridgehead atoms. The maximum atomic E-state index is 4.90. The van der Waals surface area contributed by atoms with Crippen LogP contribution in [0.1, 0.15) is 6.42 Å². The number of rotatable bonds is 1. The van der Waals surface area contributed by atoms with E-state index < -0.39 is 0 Å². The van der Waals surface area contributed by atoms with Crippen LogP contribution in [-0.2, 0) is 0 Å². The van der Waals surface area contributed by atoms with Crippen molar-refractivity contribution in [2.45, 2.75) is 6.42 Å². The Bertz CT molecular complexity index is 42.1. The van der Waals surface area contributed by atoms with E-state index >= 15 is 0 Å². The Kier molecular flexibility index (Phi) is 3.14. The van der Waals surface area contributed by atoms with Crippen molar-refractivity contribution >= 4 is 7.85 Å². The van der Waals surface area contributed by atoms with Crippen LogP contribution in [0.25, 0.3) is 0 Å². The van der Waals surface area contributed by atoms with Crippen LogP contribution in [0, 0.1) is 18.7 Å². The predicted molar refractivity (Wildman–Crippen MR) is 27.7 cm³/mol. The van der Waals surface area contributed by atoms with Gasteiger partial charge in [-0.15, -0.1) is 12.7 Å². The molecule has 0 rings (SSSR count). The van der Waals surface area contributed by atoms with Crippen molar-refractivity contribution in [3.05, 3.63) is 6.32 Å². The van der Waals surface area contributed by atoms with Gasteiger partial charge in [0.15, 0.2) is 7.85 Å². The molecule has 0 saturated heterocycles. The highest BCUT2D eigenvalue weighted by Gasteiger charge is 1.66. The van der Waals surface area contributed by atoms with Gasteiger partial charge in [0.25, 0.3) is 0 Å². The van der Waals surface area contributed by atoms with Gasteiger partial charge in [-0.1, -0.05) is 5.92 Å². The smallest absolute Gasteiger partial charge is 0.117 e. The summed E-state index contributed by atoms with van der Waals surface area (Å²) >= 11 is 0. The lowest BCUT2D eigenvalue weighted by molar-refractivity contribution is 1.44. The van der Waals surface area contributed by atoms with E-state index in [9.17, 15) is 0 Å². The lowest BCUT2D eigenvalue weighted by Crippen LogP contribution is -1.64. The van der Waals surface area contributed by atoms with E-state index in [1.165, 1.54) is 0 Å². The van der Waals surface area contributed by atoms with Gasteiger partial charge in [-0.05, 0) is 0 Å². The monoisotopic (exact) mass is 66.1 g/mol. The zero-order valence-corrected chi connectivity index (χ0v) is 2.36. The molecule has 0 fully saturated rings. The molecule has 0 N–H and O–H groups in total. The summed E-state index contributed by atoms with van der Waals surface area (Å²) in [5.41, 5.74) is 0. The lowest BCUT2D eigenvalue weighted by atomic mass is 10.0. The molecular weight excluding hydrogens is 58.9 g/mol. The summed E-state index contributed by atoms with van der Waals surface area (Å²) in [5.74, 6) is 2.52. The molecule has 1 heteroatoms. The normalized spacial score (nSPS) is 5.60. The molecule has 26 valence electrons. The van der Waals surface area contributed by atoms with Crippen LogP contribution in [0.15, 0.2) is 0 Å². The third kappa shape index (κ3) is 3.49. The SMILES string of the molecule is [BH3-][CH+]CC#C. The van der Waals surface area contributed by atoms with Crippen LogP contribution < -0.4 is 0 Å². The van der Waals surface area contributed by atoms with Crippen LogP contribution in [0.5, 0.6) is 0 Å². The van der Waals surface area contributed by atoms with Gasteiger partial charge in [-0.2, -0.15) is 0 Å². The Morgan fingerprint density at radius 2 is 2.60 bits per heavy atom. The van der Waals surface area contributed by atoms with Gasteiger partial charge in [0.1, 0.15) is 0 Å². The molecule has 0 unspecified atom stereocenters. The van der Waals surface area contributed by atoms with E-state index in [4.69, 9.17) is 6.42 Å². The Hall–Kier alpha value is -0.505. The zero-order valence-electron chi connectivity index (χ0n) is 2.36. The van der Waals surface area contributed by atoms with Crippen molar-refractivity contribution in [1.82, 2.24) is 0 Å². The second-order valence-corrected chi connectivity index (χ2v) is 0.408. The van der Waals surface area contributed by atoms with E-state index in [1.807, 2.05) is 0 Å². The van der Waals surface area contributed by atoms with Crippen molar-refractivity contribution in [1.29, 1.82) is 0 Å². The Morgan fingerprint density at radius 1 is 2.00 bits per heavy atom. The summed E-state index contributed by atoms with van der Waals surface area (Å²) < 4.78 is 0. The molecule has 5 heavy (non-hydrogen) atoms. The molecule has 0 heterocycles. The quantitative estimate of drug-likeness (QED) is 0.220. The largest absolute Gasteiger partial charge is 0.156 e. The minimum absolute atomic E-state index is 0.481. The van der Waals surface area contributed by atoms with Crippen molar-refractivity contribution in [2.24, 2.45) is 0 Å². The second kappa shape index (κ2) is 3.49. The molecule has 0 aliphatic rings. The molecule has 0 aliphatic heterocycles. The fourth-order valence-corrected chi connectivity index (χ4v) is 0. The van der Waals surface area contributed by atoms with E-state index in [2.05, 4.69) is 12.2 Å². The first-order valence-electron chi connectivity index (χ1n) is 1.05. The molecule has 0 amide bonds. The molecule has 0 nitrogen and oxygen atoms in total. The standard InChI is InChI=1S/C4H7B/c1-2-3-4-5/h1,4H,3H2,5H3. The first kappa shape index (κ1) is 4.49. The van der Waals surface area contributed by atoms with Gasteiger partial charge in [-0.25, -0.2) is 0 Å². The van der Waals surface area contributed by atoms with Crippen LogP contribution in [0.3, 0.4) is 0 Å². The molecule has 0 aromatic heterocycles. The second-order valence-electron chi connectivity index (χ2n) is 0.408. The molecule has 0 aromatic carbocycles. The maximum absolute atomic E-state index is 4.90. The fraction of sp³-hybridized carbons (Fsp3) is 0.250. The molecule has 0 aromatic rings. The van der Waals surface area contributed by atoms with Crippen LogP contribution in [0.2, 0.25) is 0 Å². The molecule has 0 aliphatic carbocycles. The Labute approximate surface area is 34.0 Å². The fourth-order valence-electron chi connectivity index (χ4n) is 0. The van der Waals surface area contributed by atoms with E-state index in [-0.39, 0.29) is 0 Å². The van der Waals surface area contributed by atoms with Gasteiger partial charge >= 0.3 is 0 Å². The average molecular weight is 65.9 g/mol. The van der Waals surface area contributed by atoms with E-state index in [0.717, 1.165) is 6.42 Å². The minimum atomic E-state index is 0.481. The van der Waals surface area contributed by atoms with Crippen LogP contribution >= 0.6 is 0 Å². The highest BCUT2D eigenvalue weighted by Crippen LogP contribution is 1.70. The van der Waals surface area contributed by atoms with Gasteiger partial charge in [0.2, 0.25) is 0 Å². The number of hydrogen-bond donors (Lipinski definition) is 0. The summed E-state index contributed by atoms with van der Waals surface area (Å²) in [6.07, 6.45) is 8.00. The minimum Gasteiger partial charge on any atom is -0.117 e. The van der Waals surface area contributed by atoms with Crippen LogP contribution in [0.4, 0.5) is 0 Å². The summed E-state index contributed by atoms with van der Waals surface area (Å²) in [7, 11) is 0.481. The number of hydrogen-bond acceptors (Lipinski definition) is 0. The summed E-state index contributed by atoms with van der Waals surface area (Å²) in [6.45, 7) is 0. The topological polar surface area (TPSA) is 0 Å². The summed E-state index contributed by atoms with van der Waals surface area (Å²) in [5, 5.41) is 0. The zero-order chi connectivity index (χ0) is 4.12. The third-order valence-electron chi connectivity index (χ3n) is 0.118. The van der Waals surface area contributed by atoms with Crippen molar-refractivity contribution in [2.75, 3.05) is 0 Å². The van der Waals surface area contributed by atoms with Crippen LogP contribution in [-0.4, -0.2) is 7.85 Å². The highest BCUT2D eigenvalue weighted by molar-refractivity contribution is 6.14. The molecular formula is C4H7B. The Balaban J connectivity index is 2.48. The highest BCUT2D eigenvalue weighted by atomic mass is 13.6. The van der Waals surface area contributed by atoms with Gasteiger partial charge < -0.3 is 0 Å². The van der Waals surface area contributed by atoms with Gasteiger partial charge in [0.05, 0.1) is 6.42 Å². The molecule has 0 atom stereocenters. The molecule has 0 saturated carbocycles. The van der Waals surface area contributed by atoms with E-state index in [0.29, 0.717) is 7.85 Å². The van der Waals surface area contributed by atoms with Crippen molar-refractivity contribution in [3.63, 3.8) is 0 Å². The summed E-state index contributed by atoms with van der Waals surface area (Å²) in [6, 6.07) is 0. The third-order valence-corrected chi connectivity index (χ3v) is 0.118. The first-order chi connectivity index (χ1) is 2.41. The Morgan fingerprint density at radius 3 is 2.60 bits per heavy atom. The van der Waals surface area contributed by atoms with Crippen molar-refractivity contribution in [3.8, 4) is 12.3 Å². The molecule has 0 radical (unpaired) electrons. The van der Waals surface area contributed by atoms with Crippen molar-refractivity contribution < 1.29 is 0 Å². The number of terminal acetylenes is 1. The maximum Gasteiger partial charge on any atom is 0.156 e. The predicted octanol–water partition coefficient (Wildman–Crippen LogP) is -0.463. The average Bonchev–Trinajstić information content (AvgIpc) is 1.41. The lowest BCUT2D eigenvalue weighted by Gasteiger charge is -1.65. The van der Waals surface area contributed by atoms with E-state index in [1.54, 1.807) is 0 Å². The van der Waals surface area contributed by atoms with Gasteiger partial charge in [0, 0.05) is 0 Å². The first-order valence-corrected chi connectivity index (χ1v) is 1.05.